The van der Waals surface area contributed by atoms with Crippen LogP contribution in [0, 0.1) is 6.92 Å². The second-order valence-corrected chi connectivity index (χ2v) is 5.92. The lowest BCUT2D eigenvalue weighted by molar-refractivity contribution is 0.205. The van der Waals surface area contributed by atoms with Crippen LogP contribution in [0.2, 0.25) is 0 Å². The fourth-order valence-corrected chi connectivity index (χ4v) is 3.07. The van der Waals surface area contributed by atoms with E-state index in [4.69, 9.17) is 0 Å². The van der Waals surface area contributed by atoms with Gasteiger partial charge in [0.2, 0.25) is 0 Å². The Morgan fingerprint density at radius 1 is 1.28 bits per heavy atom. The summed E-state index contributed by atoms with van der Waals surface area (Å²) in [6, 6.07) is 8.67. The number of nitrogens with one attached hydrogen (secondary N) is 1. The SMILES string of the molecule is Cc1c(CNC2(C)CCC2)n(C)c2ccccc12. The molecule has 0 radical (unpaired) electrons. The highest BCUT2D eigenvalue weighted by Gasteiger charge is 2.31. The summed E-state index contributed by atoms with van der Waals surface area (Å²) in [7, 11) is 2.18. The fourth-order valence-electron chi connectivity index (χ4n) is 3.07. The summed E-state index contributed by atoms with van der Waals surface area (Å²) < 4.78 is 2.33. The Hall–Kier alpha value is -1.28. The molecular weight excluding hydrogens is 220 g/mol. The van der Waals surface area contributed by atoms with Crippen molar-refractivity contribution in [1.82, 2.24) is 9.88 Å². The summed E-state index contributed by atoms with van der Waals surface area (Å²) in [5.41, 5.74) is 4.56. The van der Waals surface area contributed by atoms with E-state index in [1.165, 1.54) is 41.4 Å². The molecule has 2 heteroatoms. The number of nitrogens with zero attached hydrogens (tertiary/aromatic N) is 1. The number of fused-ring (bicyclic) bond motifs is 1. The van der Waals surface area contributed by atoms with Crippen molar-refractivity contribution in [2.75, 3.05) is 0 Å². The molecule has 96 valence electrons. The molecule has 0 bridgehead atoms. The molecule has 1 aliphatic rings. The number of aryl methyl sites for hydroxylation is 2. The lowest BCUT2D eigenvalue weighted by Crippen LogP contribution is -2.47. The minimum Gasteiger partial charge on any atom is -0.346 e. The van der Waals surface area contributed by atoms with Crippen LogP contribution in [0.1, 0.15) is 37.4 Å². The van der Waals surface area contributed by atoms with Crippen molar-refractivity contribution in [3.63, 3.8) is 0 Å². The van der Waals surface area contributed by atoms with Crippen LogP contribution < -0.4 is 5.32 Å². The maximum atomic E-state index is 3.73. The molecular formula is C16H22N2. The molecule has 1 fully saturated rings. The van der Waals surface area contributed by atoms with Crippen LogP contribution in [-0.4, -0.2) is 10.1 Å². The van der Waals surface area contributed by atoms with Crippen molar-refractivity contribution >= 4 is 10.9 Å². The highest BCUT2D eigenvalue weighted by atomic mass is 15.0. The first-order valence-corrected chi connectivity index (χ1v) is 6.89. The number of rotatable bonds is 3. The molecule has 2 aromatic rings. The summed E-state index contributed by atoms with van der Waals surface area (Å²) in [6.45, 7) is 5.56. The van der Waals surface area contributed by atoms with Gasteiger partial charge in [0.25, 0.3) is 0 Å². The van der Waals surface area contributed by atoms with Crippen LogP contribution in [0.15, 0.2) is 24.3 Å². The van der Waals surface area contributed by atoms with Gasteiger partial charge in [-0.05, 0) is 44.7 Å². The first-order chi connectivity index (χ1) is 8.61. The minimum atomic E-state index is 0.378. The fraction of sp³-hybridized carbons (Fsp3) is 0.500. The third-order valence-electron chi connectivity index (χ3n) is 4.65. The number of hydrogen-bond donors (Lipinski definition) is 1. The van der Waals surface area contributed by atoms with E-state index in [0.29, 0.717) is 5.54 Å². The van der Waals surface area contributed by atoms with E-state index in [1.807, 2.05) is 0 Å². The van der Waals surface area contributed by atoms with Gasteiger partial charge in [-0.2, -0.15) is 0 Å². The lowest BCUT2D eigenvalue weighted by atomic mass is 9.78. The number of benzene rings is 1. The molecule has 0 saturated heterocycles. The van der Waals surface area contributed by atoms with E-state index in [2.05, 4.69) is 55.0 Å². The molecule has 1 aliphatic carbocycles. The quantitative estimate of drug-likeness (QED) is 0.871. The van der Waals surface area contributed by atoms with Crippen LogP contribution in [0.5, 0.6) is 0 Å². The average Bonchev–Trinajstić information content (AvgIpc) is 2.59. The highest BCUT2D eigenvalue weighted by Crippen LogP contribution is 2.32. The van der Waals surface area contributed by atoms with E-state index in [1.54, 1.807) is 0 Å². The number of hydrogen-bond acceptors (Lipinski definition) is 1. The molecule has 1 N–H and O–H groups in total. The maximum absolute atomic E-state index is 3.73. The molecule has 3 rings (SSSR count). The molecule has 1 aromatic carbocycles. The Bertz CT molecular complexity index is 537. The van der Waals surface area contributed by atoms with Crippen molar-refractivity contribution in [2.24, 2.45) is 7.05 Å². The molecule has 2 nitrogen and oxygen atoms in total. The largest absolute Gasteiger partial charge is 0.346 e. The molecule has 0 atom stereocenters. The van der Waals surface area contributed by atoms with Crippen LogP contribution in [-0.2, 0) is 13.6 Å². The smallest absolute Gasteiger partial charge is 0.0483 e. The van der Waals surface area contributed by atoms with Gasteiger partial charge in [0.15, 0.2) is 0 Å². The van der Waals surface area contributed by atoms with Crippen LogP contribution in [0.4, 0.5) is 0 Å². The average molecular weight is 242 g/mol. The molecule has 0 unspecified atom stereocenters. The number of para-hydroxylation sites is 1. The summed E-state index contributed by atoms with van der Waals surface area (Å²) in [5, 5.41) is 5.12. The lowest BCUT2D eigenvalue weighted by Gasteiger charge is -2.39. The van der Waals surface area contributed by atoms with Gasteiger partial charge < -0.3 is 9.88 Å². The van der Waals surface area contributed by atoms with Gasteiger partial charge in [-0.3, -0.25) is 0 Å². The van der Waals surface area contributed by atoms with Crippen molar-refractivity contribution in [1.29, 1.82) is 0 Å². The van der Waals surface area contributed by atoms with E-state index in [0.717, 1.165) is 6.54 Å². The molecule has 0 amide bonds. The Morgan fingerprint density at radius 2 is 2.00 bits per heavy atom. The zero-order chi connectivity index (χ0) is 12.8. The molecule has 0 aliphatic heterocycles. The van der Waals surface area contributed by atoms with E-state index >= 15 is 0 Å². The van der Waals surface area contributed by atoms with Crippen LogP contribution >= 0.6 is 0 Å². The first kappa shape index (κ1) is 11.8. The van der Waals surface area contributed by atoms with Gasteiger partial charge in [-0.1, -0.05) is 18.2 Å². The third-order valence-corrected chi connectivity index (χ3v) is 4.65. The number of aromatic nitrogens is 1. The standard InChI is InChI=1S/C16H22N2/c1-12-13-7-4-5-8-14(13)18(3)15(12)11-17-16(2)9-6-10-16/h4-5,7-8,17H,6,9-11H2,1-3H3. The Morgan fingerprint density at radius 3 is 2.61 bits per heavy atom. The zero-order valence-corrected chi connectivity index (χ0v) is 11.6. The zero-order valence-electron chi connectivity index (χ0n) is 11.6. The summed E-state index contributed by atoms with van der Waals surface area (Å²) in [4.78, 5) is 0. The van der Waals surface area contributed by atoms with Crippen molar-refractivity contribution < 1.29 is 0 Å². The van der Waals surface area contributed by atoms with Crippen molar-refractivity contribution in [2.45, 2.75) is 45.2 Å². The Balaban J connectivity index is 1.91. The van der Waals surface area contributed by atoms with E-state index in [9.17, 15) is 0 Å². The normalized spacial score (nSPS) is 17.9. The molecule has 1 aromatic heterocycles. The van der Waals surface area contributed by atoms with Gasteiger partial charge >= 0.3 is 0 Å². The molecule has 18 heavy (non-hydrogen) atoms. The third kappa shape index (κ3) is 1.76. The molecule has 1 heterocycles. The monoisotopic (exact) mass is 242 g/mol. The minimum absolute atomic E-state index is 0.378. The van der Waals surface area contributed by atoms with Crippen LogP contribution in [0.25, 0.3) is 10.9 Å². The van der Waals surface area contributed by atoms with Gasteiger partial charge in [-0.15, -0.1) is 0 Å². The Kier molecular flexibility index (Phi) is 2.70. The topological polar surface area (TPSA) is 17.0 Å². The Labute approximate surface area is 109 Å². The highest BCUT2D eigenvalue weighted by molar-refractivity contribution is 5.85. The maximum Gasteiger partial charge on any atom is 0.0483 e. The van der Waals surface area contributed by atoms with Crippen LogP contribution in [0.3, 0.4) is 0 Å². The molecule has 1 saturated carbocycles. The van der Waals surface area contributed by atoms with Gasteiger partial charge in [0.1, 0.15) is 0 Å². The summed E-state index contributed by atoms with van der Waals surface area (Å²) in [5.74, 6) is 0. The molecule has 0 spiro atoms. The van der Waals surface area contributed by atoms with Gasteiger partial charge in [0, 0.05) is 35.7 Å². The second kappa shape index (κ2) is 4.13. The van der Waals surface area contributed by atoms with Gasteiger partial charge in [0.05, 0.1) is 0 Å². The predicted molar refractivity (Wildman–Crippen MR) is 76.8 cm³/mol. The van der Waals surface area contributed by atoms with Crippen molar-refractivity contribution in [3.05, 3.63) is 35.5 Å². The summed E-state index contributed by atoms with van der Waals surface area (Å²) in [6.07, 6.45) is 4.00. The first-order valence-electron chi connectivity index (χ1n) is 6.89. The summed E-state index contributed by atoms with van der Waals surface area (Å²) >= 11 is 0. The van der Waals surface area contributed by atoms with E-state index in [-0.39, 0.29) is 0 Å². The van der Waals surface area contributed by atoms with Crippen molar-refractivity contribution in [3.8, 4) is 0 Å². The van der Waals surface area contributed by atoms with E-state index < -0.39 is 0 Å². The predicted octanol–water partition coefficient (Wildman–Crippen LogP) is 3.52. The van der Waals surface area contributed by atoms with Gasteiger partial charge in [-0.25, -0.2) is 0 Å². The second-order valence-electron chi connectivity index (χ2n) is 5.92.